The minimum absolute atomic E-state index is 0.000577. The number of aromatic hydroxyl groups is 1. The van der Waals surface area contributed by atoms with Gasteiger partial charge < -0.3 is 126 Å². The van der Waals surface area contributed by atoms with Gasteiger partial charge in [0.05, 0.1) is 32.0 Å². The van der Waals surface area contributed by atoms with Gasteiger partial charge in [0.15, 0.2) is 5.96 Å². The molecule has 44 heteroatoms. The number of aliphatic hydroxyl groups excluding tert-OH is 3. The van der Waals surface area contributed by atoms with Crippen LogP contribution in [0.5, 0.6) is 5.75 Å². The van der Waals surface area contributed by atoms with Crippen molar-refractivity contribution in [3.8, 4) is 5.75 Å². The van der Waals surface area contributed by atoms with Crippen molar-refractivity contribution in [2.45, 2.75) is 215 Å². The fourth-order valence-corrected chi connectivity index (χ4v) is 17.4. The SMILES string of the molecule is CCCC[C@H]1C(=O)N(C)[C@@H](C)C(=O)N[C@@H](CCCNC(=N)N)C(=O)NC(C(=O)N[C@@H](CO)C(N)=O)CSCC(=O)N[C@@H](Cc2ccc(O)cc2)C(=O)N(C)[C@@H](C)C(=O)N[C@@H](CC(N)=O)C(=O)N2CCC[C@H]2C(=O)N[C@@H](CO)C(=O)N[C@H](CC(C)C)C(=O)N2CCC[C@H]2C(=O)N[C@@H](Cc2c[nH]c3ccccc23)C(=O)N[C@@H](CO)C(=O)N[C@@H](Cc2csc3ccccc23)C(=O)N1C. The molecule has 15 atom stereocenters. The van der Waals surface area contributed by atoms with Gasteiger partial charge in [-0.25, -0.2) is 0 Å². The summed E-state index contributed by atoms with van der Waals surface area (Å²) < 4.78 is 0.810. The number of hydrogen-bond donors (Lipinski definition) is 20. The Hall–Kier alpha value is -12.6. The van der Waals surface area contributed by atoms with E-state index in [1.807, 2.05) is 19.1 Å². The number of amides is 17. The third kappa shape index (κ3) is 28.0. The van der Waals surface area contributed by atoms with E-state index in [1.165, 1.54) is 75.5 Å². The number of aliphatic hydroxyl groups is 3. The van der Waals surface area contributed by atoms with Gasteiger partial charge in [0, 0.05) is 87.6 Å². The lowest BCUT2D eigenvalue weighted by Crippen LogP contribution is -2.62. The van der Waals surface area contributed by atoms with E-state index < -0.39 is 235 Å². The van der Waals surface area contributed by atoms with Gasteiger partial charge in [-0.3, -0.25) is 86.9 Å². The van der Waals surface area contributed by atoms with E-state index in [4.69, 9.17) is 22.6 Å². The van der Waals surface area contributed by atoms with Crippen LogP contribution in [-0.2, 0) is 101 Å². The average molecular weight is 1850 g/mol. The van der Waals surface area contributed by atoms with Crippen molar-refractivity contribution in [1.29, 1.82) is 5.41 Å². The third-order valence-electron chi connectivity index (χ3n) is 23.1. The second kappa shape index (κ2) is 48.7. The molecule has 0 spiro atoms. The largest absolute Gasteiger partial charge is 0.508 e. The highest BCUT2D eigenvalue weighted by Crippen LogP contribution is 2.30. The Morgan fingerprint density at radius 2 is 1.07 bits per heavy atom. The number of thiophene rings is 1. The number of nitrogens with zero attached hydrogens (tertiary/aromatic N) is 5. The number of aromatic nitrogens is 1. The van der Waals surface area contributed by atoms with E-state index in [1.54, 1.807) is 61.8 Å². The first-order valence-corrected chi connectivity index (χ1v) is 45.1. The monoisotopic (exact) mass is 1850 g/mol. The number of nitrogens with two attached hydrogens (primary N) is 3. The number of carbonyl (C=O) groups excluding carboxylic acids is 17. The van der Waals surface area contributed by atoms with Crippen LogP contribution in [-0.4, -0.2) is 319 Å². The van der Waals surface area contributed by atoms with E-state index in [-0.39, 0.29) is 102 Å². The predicted molar refractivity (Wildman–Crippen MR) is 479 cm³/mol. The summed E-state index contributed by atoms with van der Waals surface area (Å²) in [7, 11) is 3.79. The molecule has 8 rings (SSSR count). The van der Waals surface area contributed by atoms with Gasteiger partial charge in [-0.1, -0.05) is 82.1 Å². The fourth-order valence-electron chi connectivity index (χ4n) is 15.6. The highest BCUT2D eigenvalue weighted by molar-refractivity contribution is 8.00. The van der Waals surface area contributed by atoms with Crippen LogP contribution in [0, 0.1) is 11.3 Å². The van der Waals surface area contributed by atoms with Crippen LogP contribution < -0.4 is 75.7 Å². The smallest absolute Gasteiger partial charge is 0.246 e. The molecule has 0 radical (unpaired) electrons. The molecule has 0 aliphatic carbocycles. The molecule has 2 aromatic heterocycles. The molecule has 3 aliphatic heterocycles. The lowest BCUT2D eigenvalue weighted by atomic mass is 10.0. The number of fused-ring (bicyclic) bond motifs is 4. The predicted octanol–water partition coefficient (Wildman–Crippen LogP) is -3.95. The fraction of sp³-hybridized carbons (Fsp3) is 0.535. The Morgan fingerprint density at radius 1 is 0.554 bits per heavy atom. The molecule has 3 fully saturated rings. The second-order valence-corrected chi connectivity index (χ2v) is 35.0. The molecule has 130 heavy (non-hydrogen) atoms. The van der Waals surface area contributed by atoms with Crippen molar-refractivity contribution in [3.05, 3.63) is 101 Å². The van der Waals surface area contributed by atoms with Gasteiger partial charge in [-0.2, -0.15) is 0 Å². The highest BCUT2D eigenvalue weighted by atomic mass is 32.2. The number of para-hydroxylation sites is 1. The number of benzene rings is 3. The Morgan fingerprint density at radius 3 is 1.65 bits per heavy atom. The zero-order valence-electron chi connectivity index (χ0n) is 73.9. The minimum atomic E-state index is -1.85. The first-order valence-electron chi connectivity index (χ1n) is 43.1. The molecule has 5 aromatic rings. The summed E-state index contributed by atoms with van der Waals surface area (Å²) in [5, 5.41) is 81.4. The summed E-state index contributed by atoms with van der Waals surface area (Å²) in [5.74, 6) is -18.7. The number of thioether (sulfide) groups is 1. The van der Waals surface area contributed by atoms with Crippen molar-refractivity contribution < 1.29 is 102 Å². The molecular weight excluding hydrogens is 1730 g/mol. The summed E-state index contributed by atoms with van der Waals surface area (Å²) in [5.41, 5.74) is 18.8. The zero-order chi connectivity index (χ0) is 95.5. The number of hydrogen-bond acceptors (Lipinski definition) is 24. The quantitative estimate of drug-likeness (QED) is 0.0169. The second-order valence-electron chi connectivity index (χ2n) is 33.1. The molecule has 3 saturated heterocycles. The van der Waals surface area contributed by atoms with Crippen molar-refractivity contribution in [1.82, 2.24) is 88.0 Å². The van der Waals surface area contributed by atoms with Crippen LogP contribution in [0.4, 0.5) is 0 Å². The standard InChI is InChI=1S/C86H121N21O21S2/c1-9-10-22-67-85(128)104(7)47(5)72(115)94-55(21-15-30-91-86(89)90)74(117)102-64(78(121)99-61(39-108)71(88)114)43-129-44-70(113)93-58(34-48-26-28-51(111)29-27-48)81(124)103(6)46(4)73(116)96-60(37-69(87)112)84(127)107-32-17-24-66(107)80(123)101-63(41-110)77(120)97-57(33-45(2)3)83(126)106-31-16-23-65(106)79(122)95-56(35-49-38-92-54-20-13-11-18-52(49)54)75(118)100-62(40-109)76(119)98-59(82(125)105(67)8)36-50-42-130-68-25-14-12-19-53(50)68/h11-14,18-20,25-29,38,42,45-47,55-67,92,108-111H,9-10,15-17,21-24,30-37,39-41,43-44H2,1-8H3,(H2,87,112)(H2,88,114)(H,93,113)(H,94,115)(H,95,122)(H,96,116)(H,97,120)(H,98,119)(H,99,121)(H,100,118)(H,101,123)(H,102,117)(H4,89,90,91)/t46-,47-,55-,56-,57+,58-,59-,60-,61-,62-,63-,64?,65-,66-,67-/m0/s1. The number of nitrogens with one attached hydrogen (secondary N) is 13. The maximum atomic E-state index is 15.6. The lowest BCUT2D eigenvalue weighted by Gasteiger charge is -2.35. The number of H-pyrrole nitrogens is 1. The first kappa shape index (κ1) is 103. The molecule has 42 nitrogen and oxygen atoms in total. The van der Waals surface area contributed by atoms with Gasteiger partial charge in [0.25, 0.3) is 0 Å². The average Bonchev–Trinajstić information content (AvgIpc) is 1.57. The van der Waals surface area contributed by atoms with Gasteiger partial charge in [-0.15, -0.1) is 23.1 Å². The summed E-state index contributed by atoms with van der Waals surface area (Å²) in [4.78, 5) is 256. The van der Waals surface area contributed by atoms with Crippen LogP contribution in [0.1, 0.15) is 122 Å². The molecule has 0 bridgehead atoms. The molecule has 17 amide bonds. The lowest BCUT2D eigenvalue weighted by molar-refractivity contribution is -0.149. The topological polar surface area (TPSA) is 637 Å². The Labute approximate surface area is 759 Å². The molecule has 1 unspecified atom stereocenters. The van der Waals surface area contributed by atoms with Crippen molar-refractivity contribution in [3.63, 3.8) is 0 Å². The van der Waals surface area contributed by atoms with Gasteiger partial charge in [-0.05, 0) is 123 Å². The maximum Gasteiger partial charge on any atom is 0.246 e. The molecule has 23 N–H and O–H groups in total. The van der Waals surface area contributed by atoms with E-state index in [0.29, 0.717) is 57.6 Å². The first-order chi connectivity index (χ1) is 61.8. The molecule has 5 heterocycles. The van der Waals surface area contributed by atoms with Gasteiger partial charge in [0.2, 0.25) is 100 Å². The number of aromatic amines is 1. The number of carbonyl (C=O) groups is 17. The summed E-state index contributed by atoms with van der Waals surface area (Å²) in [6, 6.07) is -3.94. The van der Waals surface area contributed by atoms with E-state index in [9.17, 15) is 73.2 Å². The Kier molecular flexibility index (Phi) is 38.6. The summed E-state index contributed by atoms with van der Waals surface area (Å²) in [6.07, 6.45) is 0.898. The van der Waals surface area contributed by atoms with Gasteiger partial charge in [0.1, 0.15) is 96.4 Å². The highest BCUT2D eigenvalue weighted by Gasteiger charge is 2.45. The van der Waals surface area contributed by atoms with E-state index in [2.05, 4.69) is 63.5 Å². The number of likely N-dealkylation sites (N-methyl/N-ethyl adjacent to an activating group) is 3. The number of unbranched alkanes of at least 4 members (excludes halogenated alkanes) is 1. The normalized spacial score (nSPS) is 24.9. The minimum Gasteiger partial charge on any atom is -0.508 e. The molecule has 3 aromatic carbocycles. The Bertz CT molecular complexity index is 4920. The van der Waals surface area contributed by atoms with Gasteiger partial charge >= 0.3 is 0 Å². The van der Waals surface area contributed by atoms with Crippen molar-refractivity contribution in [2.75, 3.05) is 72.1 Å². The number of rotatable bonds is 23. The molecule has 3 aliphatic rings. The zero-order valence-corrected chi connectivity index (χ0v) is 75.5. The summed E-state index contributed by atoms with van der Waals surface area (Å²) >= 11 is 2.04. The van der Waals surface area contributed by atoms with Crippen molar-refractivity contribution >= 4 is 150 Å². The Balaban J connectivity index is 1.17. The maximum absolute atomic E-state index is 15.6. The number of primary amides is 2. The number of phenolic OH excluding ortho intramolecular Hbond substituents is 1. The third-order valence-corrected chi connectivity index (χ3v) is 25.2. The van der Waals surface area contributed by atoms with Crippen LogP contribution >= 0.6 is 23.1 Å². The molecule has 708 valence electrons. The number of phenols is 1. The molecule has 0 saturated carbocycles. The van der Waals surface area contributed by atoms with E-state index in [0.717, 1.165) is 24.3 Å². The van der Waals surface area contributed by atoms with Crippen molar-refractivity contribution in [2.24, 2.45) is 23.1 Å². The van der Waals surface area contributed by atoms with Crippen LogP contribution in [0.2, 0.25) is 0 Å². The number of guanidine groups is 1. The summed E-state index contributed by atoms with van der Waals surface area (Å²) in [6.45, 7) is 4.54. The van der Waals surface area contributed by atoms with Crippen LogP contribution in [0.3, 0.4) is 0 Å². The van der Waals surface area contributed by atoms with Crippen LogP contribution in [0.25, 0.3) is 21.0 Å². The van der Waals surface area contributed by atoms with Crippen LogP contribution in [0.15, 0.2) is 84.4 Å². The molecular formula is C86H121N21O21S2. The van der Waals surface area contributed by atoms with E-state index >= 15 is 28.8 Å².